The van der Waals surface area contributed by atoms with E-state index in [0.29, 0.717) is 6.42 Å². The van der Waals surface area contributed by atoms with E-state index in [-0.39, 0.29) is 12.9 Å². The molecule has 0 saturated carbocycles. The number of rotatable bonds is 3. The van der Waals surface area contributed by atoms with Gasteiger partial charge >= 0.3 is 0 Å². The molecule has 0 aromatic heterocycles. The molecule has 0 radical (unpaired) electrons. The molecule has 1 N–H and O–H groups in total. The van der Waals surface area contributed by atoms with E-state index in [0.717, 1.165) is 38.7 Å². The van der Waals surface area contributed by atoms with E-state index in [1.54, 1.807) is 0 Å². The molecule has 2 atom stereocenters. The Bertz CT molecular complexity index is 759. The topological polar surface area (TPSA) is 38.7 Å². The number of benzene rings is 1. The Morgan fingerprint density at radius 3 is 3.00 bits per heavy atom. The molecule has 4 rings (SSSR count). The zero-order valence-electron chi connectivity index (χ0n) is 14.5. The van der Waals surface area contributed by atoms with E-state index in [4.69, 9.17) is 14.6 Å². The van der Waals surface area contributed by atoms with Crippen molar-refractivity contribution in [2.75, 3.05) is 13.2 Å². The summed E-state index contributed by atoms with van der Waals surface area (Å²) in [6, 6.07) is 8.48. The predicted molar refractivity (Wildman–Crippen MR) is 97.6 cm³/mol. The third-order valence-electron chi connectivity index (χ3n) is 5.32. The van der Waals surface area contributed by atoms with Gasteiger partial charge in [0.05, 0.1) is 0 Å². The SMILES string of the molecule is OCC#CCC1(OC2CCCCO2)C2=C(C=CCC2)c2ccccc21. The Morgan fingerprint density at radius 2 is 2.16 bits per heavy atom. The molecule has 3 aliphatic rings. The fraction of sp³-hybridized carbons (Fsp3) is 0.455. The molecule has 130 valence electrons. The van der Waals surface area contributed by atoms with Crippen molar-refractivity contribution in [1.29, 1.82) is 0 Å². The minimum atomic E-state index is -0.555. The van der Waals surface area contributed by atoms with Gasteiger partial charge in [0.1, 0.15) is 12.2 Å². The van der Waals surface area contributed by atoms with Crippen LogP contribution in [0.1, 0.15) is 49.7 Å². The number of hydrogen-bond donors (Lipinski definition) is 1. The van der Waals surface area contributed by atoms with Gasteiger partial charge in [-0.05, 0) is 54.4 Å². The van der Waals surface area contributed by atoms with Crippen LogP contribution >= 0.6 is 0 Å². The monoisotopic (exact) mass is 336 g/mol. The van der Waals surface area contributed by atoms with Crippen LogP contribution in [0.2, 0.25) is 0 Å². The van der Waals surface area contributed by atoms with E-state index in [2.05, 4.69) is 48.3 Å². The lowest BCUT2D eigenvalue weighted by Gasteiger charge is -2.38. The van der Waals surface area contributed by atoms with Crippen molar-refractivity contribution in [2.45, 2.75) is 50.4 Å². The highest BCUT2D eigenvalue weighted by Gasteiger charge is 2.47. The van der Waals surface area contributed by atoms with E-state index in [1.165, 1.54) is 22.3 Å². The molecule has 2 unspecified atom stereocenters. The molecule has 3 heteroatoms. The van der Waals surface area contributed by atoms with Crippen LogP contribution in [0.25, 0.3) is 5.57 Å². The van der Waals surface area contributed by atoms with Gasteiger partial charge in [-0.2, -0.15) is 0 Å². The van der Waals surface area contributed by atoms with Crippen LogP contribution in [0.15, 0.2) is 42.0 Å². The molecule has 2 aliphatic carbocycles. The summed E-state index contributed by atoms with van der Waals surface area (Å²) in [5.74, 6) is 5.95. The predicted octanol–water partition coefficient (Wildman–Crippen LogP) is 3.93. The van der Waals surface area contributed by atoms with Gasteiger partial charge in [0.15, 0.2) is 6.29 Å². The molecule has 1 aromatic rings. The van der Waals surface area contributed by atoms with E-state index >= 15 is 0 Å². The summed E-state index contributed by atoms with van der Waals surface area (Å²) in [6.45, 7) is 0.639. The summed E-state index contributed by atoms with van der Waals surface area (Å²) in [5.41, 5.74) is 4.48. The average molecular weight is 336 g/mol. The summed E-state index contributed by atoms with van der Waals surface area (Å²) >= 11 is 0. The zero-order valence-corrected chi connectivity index (χ0v) is 14.5. The summed E-state index contributed by atoms with van der Waals surface area (Å²) in [7, 11) is 0. The number of ether oxygens (including phenoxy) is 2. The maximum absolute atomic E-state index is 9.11. The summed E-state index contributed by atoms with van der Waals surface area (Å²) in [6.07, 6.45) is 10.0. The van der Waals surface area contributed by atoms with Crippen LogP contribution < -0.4 is 0 Å². The van der Waals surface area contributed by atoms with Crippen LogP contribution in [0.3, 0.4) is 0 Å². The van der Waals surface area contributed by atoms with Crippen molar-refractivity contribution < 1.29 is 14.6 Å². The summed E-state index contributed by atoms with van der Waals surface area (Å²) in [4.78, 5) is 0. The molecular weight excluding hydrogens is 312 g/mol. The van der Waals surface area contributed by atoms with Crippen molar-refractivity contribution >= 4 is 5.57 Å². The number of fused-ring (bicyclic) bond motifs is 2. The second-order valence-corrected chi connectivity index (χ2v) is 6.81. The fourth-order valence-electron chi connectivity index (χ4n) is 4.22. The molecule has 1 heterocycles. The Hall–Kier alpha value is -1.86. The van der Waals surface area contributed by atoms with Gasteiger partial charge in [-0.25, -0.2) is 0 Å². The van der Waals surface area contributed by atoms with Gasteiger partial charge < -0.3 is 14.6 Å². The van der Waals surface area contributed by atoms with Crippen molar-refractivity contribution in [3.8, 4) is 11.8 Å². The van der Waals surface area contributed by atoms with Gasteiger partial charge in [0, 0.05) is 13.0 Å². The lowest BCUT2D eigenvalue weighted by atomic mass is 9.83. The smallest absolute Gasteiger partial charge is 0.159 e. The van der Waals surface area contributed by atoms with Gasteiger partial charge in [-0.3, -0.25) is 0 Å². The number of aliphatic hydroxyl groups excluding tert-OH is 1. The minimum Gasteiger partial charge on any atom is -0.384 e. The maximum atomic E-state index is 9.11. The quantitative estimate of drug-likeness (QED) is 0.850. The van der Waals surface area contributed by atoms with E-state index < -0.39 is 5.60 Å². The van der Waals surface area contributed by atoms with Gasteiger partial charge in [0.2, 0.25) is 0 Å². The molecule has 1 saturated heterocycles. The highest BCUT2D eigenvalue weighted by Crippen LogP contribution is 2.53. The largest absolute Gasteiger partial charge is 0.384 e. The molecule has 25 heavy (non-hydrogen) atoms. The van der Waals surface area contributed by atoms with Crippen LogP contribution in [-0.2, 0) is 15.1 Å². The van der Waals surface area contributed by atoms with Gasteiger partial charge in [-0.15, -0.1) is 0 Å². The average Bonchev–Trinajstić information content (AvgIpc) is 2.94. The molecule has 1 aromatic carbocycles. The van der Waals surface area contributed by atoms with Gasteiger partial charge in [0.25, 0.3) is 0 Å². The molecule has 0 bridgehead atoms. The second kappa shape index (κ2) is 7.17. The molecule has 1 fully saturated rings. The first-order chi connectivity index (χ1) is 12.3. The van der Waals surface area contributed by atoms with Crippen LogP contribution in [0, 0.1) is 11.8 Å². The number of aliphatic hydroxyl groups is 1. The van der Waals surface area contributed by atoms with E-state index in [9.17, 15) is 0 Å². The zero-order chi connectivity index (χ0) is 17.1. The number of hydrogen-bond acceptors (Lipinski definition) is 3. The normalized spacial score (nSPS) is 27.5. The summed E-state index contributed by atoms with van der Waals surface area (Å²) < 4.78 is 12.6. The highest BCUT2D eigenvalue weighted by atomic mass is 16.7. The first kappa shape index (κ1) is 16.6. The lowest BCUT2D eigenvalue weighted by Crippen LogP contribution is -2.37. The molecule has 0 spiro atoms. The van der Waals surface area contributed by atoms with Crippen LogP contribution in [0.4, 0.5) is 0 Å². The Labute approximate surface area is 149 Å². The Kier molecular flexibility index (Phi) is 4.76. The Balaban J connectivity index is 1.80. The van der Waals surface area contributed by atoms with Crippen LogP contribution in [-0.4, -0.2) is 24.6 Å². The first-order valence-electron chi connectivity index (χ1n) is 9.21. The first-order valence-corrected chi connectivity index (χ1v) is 9.21. The fourth-order valence-corrected chi connectivity index (χ4v) is 4.22. The standard InChI is InChI=1S/C22H24O3/c23-15-7-6-14-22(25-21-13-5-8-16-24-21)19-11-3-1-9-17(19)18-10-2-4-12-20(18)22/h1-3,9-11,21,23H,4-5,8,12-16H2. The van der Waals surface area contributed by atoms with Crippen molar-refractivity contribution in [3.05, 3.63) is 53.1 Å². The lowest BCUT2D eigenvalue weighted by molar-refractivity contribution is -0.216. The molecular formula is C22H24O3. The third-order valence-corrected chi connectivity index (χ3v) is 5.32. The minimum absolute atomic E-state index is 0.122. The van der Waals surface area contributed by atoms with E-state index in [1.807, 2.05) is 0 Å². The number of allylic oxidation sites excluding steroid dienone is 3. The van der Waals surface area contributed by atoms with Crippen LogP contribution in [0.5, 0.6) is 0 Å². The molecule has 0 amide bonds. The van der Waals surface area contributed by atoms with Crippen molar-refractivity contribution in [2.24, 2.45) is 0 Å². The molecule has 3 nitrogen and oxygen atoms in total. The second-order valence-electron chi connectivity index (χ2n) is 6.81. The molecule has 1 aliphatic heterocycles. The Morgan fingerprint density at radius 1 is 1.24 bits per heavy atom. The highest BCUT2D eigenvalue weighted by molar-refractivity contribution is 5.86. The van der Waals surface area contributed by atoms with Crippen molar-refractivity contribution in [3.63, 3.8) is 0 Å². The third kappa shape index (κ3) is 2.95. The van der Waals surface area contributed by atoms with Gasteiger partial charge in [-0.1, -0.05) is 48.3 Å². The maximum Gasteiger partial charge on any atom is 0.159 e. The summed E-state index contributed by atoms with van der Waals surface area (Å²) in [5, 5.41) is 9.11. The van der Waals surface area contributed by atoms with Crippen molar-refractivity contribution in [1.82, 2.24) is 0 Å².